The first-order chi connectivity index (χ1) is 8.20. The fraction of sp³-hybridized carbons (Fsp3) is 0.500. The summed E-state index contributed by atoms with van der Waals surface area (Å²) in [4.78, 5) is 15.2. The number of aromatic nitrogens is 1. The van der Waals surface area contributed by atoms with Crippen LogP contribution in [0.25, 0.3) is 0 Å². The van der Waals surface area contributed by atoms with Gasteiger partial charge in [0, 0.05) is 36.4 Å². The van der Waals surface area contributed by atoms with Crippen LogP contribution in [-0.2, 0) is 0 Å². The molecule has 17 heavy (non-hydrogen) atoms. The number of aliphatic hydroxyl groups is 1. The van der Waals surface area contributed by atoms with Crippen LogP contribution in [0.2, 0.25) is 0 Å². The van der Waals surface area contributed by atoms with Crippen LogP contribution in [0.15, 0.2) is 18.3 Å². The van der Waals surface area contributed by atoms with Crippen molar-refractivity contribution in [2.45, 2.75) is 25.3 Å². The molecule has 1 fully saturated rings. The zero-order valence-corrected chi connectivity index (χ0v) is 9.40. The first kappa shape index (κ1) is 12.0. The molecule has 0 aliphatic heterocycles. The highest BCUT2D eigenvalue weighted by Gasteiger charge is 2.28. The Kier molecular flexibility index (Phi) is 3.68. The molecule has 2 atom stereocenters. The topological polar surface area (TPSA) is 62.2 Å². The molecule has 0 bridgehead atoms. The highest BCUT2D eigenvalue weighted by Crippen LogP contribution is 2.25. The smallest absolute Gasteiger partial charge is 0.251 e. The first-order valence-corrected chi connectivity index (χ1v) is 5.74. The van der Waals surface area contributed by atoms with Crippen molar-refractivity contribution in [3.8, 4) is 0 Å². The molecule has 1 heterocycles. The minimum absolute atomic E-state index is 0.0104. The van der Waals surface area contributed by atoms with Crippen LogP contribution >= 0.6 is 0 Å². The Labute approximate surface area is 98.9 Å². The van der Waals surface area contributed by atoms with Gasteiger partial charge in [-0.3, -0.25) is 4.79 Å². The maximum Gasteiger partial charge on any atom is 0.251 e. The van der Waals surface area contributed by atoms with E-state index in [1.54, 1.807) is 0 Å². The van der Waals surface area contributed by atoms with Crippen molar-refractivity contribution in [1.29, 1.82) is 0 Å². The van der Waals surface area contributed by atoms with Gasteiger partial charge in [-0.05, 0) is 18.9 Å². The van der Waals surface area contributed by atoms with Crippen LogP contribution in [0, 0.1) is 11.9 Å². The van der Waals surface area contributed by atoms with Crippen LogP contribution in [0.4, 0.5) is 4.39 Å². The zero-order chi connectivity index (χ0) is 12.3. The SMILES string of the molecule is O=C(NC1CCCC1CO)c1ccnc(F)c1. The van der Waals surface area contributed by atoms with E-state index in [0.29, 0.717) is 0 Å². The van der Waals surface area contributed by atoms with Crippen LogP contribution in [0.1, 0.15) is 29.6 Å². The van der Waals surface area contributed by atoms with Crippen molar-refractivity contribution >= 4 is 5.91 Å². The summed E-state index contributed by atoms with van der Waals surface area (Å²) in [6, 6.07) is 2.57. The Morgan fingerprint density at radius 2 is 2.41 bits per heavy atom. The number of carbonyl (C=O) groups is 1. The Morgan fingerprint density at radius 3 is 3.12 bits per heavy atom. The molecule has 2 unspecified atom stereocenters. The maximum atomic E-state index is 12.9. The monoisotopic (exact) mass is 238 g/mol. The van der Waals surface area contributed by atoms with E-state index in [4.69, 9.17) is 5.11 Å². The summed E-state index contributed by atoms with van der Waals surface area (Å²) in [5.41, 5.74) is 0.265. The van der Waals surface area contributed by atoms with Gasteiger partial charge in [0.05, 0.1) is 0 Å². The Morgan fingerprint density at radius 1 is 1.59 bits per heavy atom. The second-order valence-electron chi connectivity index (χ2n) is 4.32. The van der Waals surface area contributed by atoms with Crippen molar-refractivity contribution in [2.24, 2.45) is 5.92 Å². The number of nitrogens with zero attached hydrogens (tertiary/aromatic N) is 1. The van der Waals surface area contributed by atoms with Gasteiger partial charge in [0.15, 0.2) is 0 Å². The van der Waals surface area contributed by atoms with Crippen molar-refractivity contribution in [2.75, 3.05) is 6.61 Å². The van der Waals surface area contributed by atoms with E-state index in [1.807, 2.05) is 0 Å². The standard InChI is InChI=1S/C12H15FN2O2/c13-11-6-8(4-5-14-11)12(17)15-10-3-1-2-9(10)7-16/h4-6,9-10,16H,1-3,7H2,(H,15,17). The van der Waals surface area contributed by atoms with Crippen molar-refractivity contribution in [3.63, 3.8) is 0 Å². The number of nitrogens with one attached hydrogen (secondary N) is 1. The average Bonchev–Trinajstić information content (AvgIpc) is 2.76. The fourth-order valence-electron chi connectivity index (χ4n) is 2.24. The van der Waals surface area contributed by atoms with Gasteiger partial charge in [0.25, 0.3) is 5.91 Å². The number of halogens is 1. The Bertz CT molecular complexity index is 411. The van der Waals surface area contributed by atoms with Crippen LogP contribution < -0.4 is 5.32 Å². The highest BCUT2D eigenvalue weighted by molar-refractivity contribution is 5.94. The molecular formula is C12H15FN2O2. The lowest BCUT2D eigenvalue weighted by molar-refractivity contribution is 0.0915. The second-order valence-corrected chi connectivity index (χ2v) is 4.32. The lowest BCUT2D eigenvalue weighted by atomic mass is 10.0. The highest BCUT2D eigenvalue weighted by atomic mass is 19.1. The van der Waals surface area contributed by atoms with Gasteiger partial charge in [0.2, 0.25) is 5.95 Å². The van der Waals surface area contributed by atoms with E-state index < -0.39 is 5.95 Å². The van der Waals surface area contributed by atoms with Crippen LogP contribution in [0.3, 0.4) is 0 Å². The van der Waals surface area contributed by atoms with E-state index in [0.717, 1.165) is 25.3 Å². The quantitative estimate of drug-likeness (QED) is 0.775. The number of hydrogen-bond donors (Lipinski definition) is 2. The summed E-state index contributed by atoms with van der Waals surface area (Å²) in [7, 11) is 0. The molecule has 5 heteroatoms. The van der Waals surface area contributed by atoms with E-state index in [9.17, 15) is 9.18 Å². The number of carbonyl (C=O) groups excluding carboxylic acids is 1. The summed E-state index contributed by atoms with van der Waals surface area (Å²) in [5.74, 6) is -0.856. The van der Waals surface area contributed by atoms with Gasteiger partial charge in [-0.15, -0.1) is 0 Å². The maximum absolute atomic E-state index is 12.9. The lowest BCUT2D eigenvalue weighted by Gasteiger charge is -2.18. The van der Waals surface area contributed by atoms with E-state index in [-0.39, 0.29) is 30.0 Å². The van der Waals surface area contributed by atoms with Crippen molar-refractivity contribution < 1.29 is 14.3 Å². The molecule has 1 aliphatic carbocycles. The minimum atomic E-state index is -0.664. The van der Waals surface area contributed by atoms with Crippen LogP contribution in [0.5, 0.6) is 0 Å². The predicted molar refractivity (Wildman–Crippen MR) is 59.9 cm³/mol. The number of rotatable bonds is 3. The molecule has 0 saturated heterocycles. The molecule has 1 aliphatic rings. The number of aliphatic hydroxyl groups excluding tert-OH is 1. The molecule has 2 rings (SSSR count). The summed E-state index contributed by atoms with van der Waals surface area (Å²) in [6.45, 7) is 0.0790. The van der Waals surface area contributed by atoms with Crippen molar-refractivity contribution in [3.05, 3.63) is 29.8 Å². The molecule has 4 nitrogen and oxygen atoms in total. The molecule has 1 amide bonds. The molecule has 2 N–H and O–H groups in total. The molecule has 1 saturated carbocycles. The largest absolute Gasteiger partial charge is 0.396 e. The second kappa shape index (κ2) is 5.23. The molecule has 0 aromatic carbocycles. The fourth-order valence-corrected chi connectivity index (χ4v) is 2.24. The van der Waals surface area contributed by atoms with Gasteiger partial charge in [-0.2, -0.15) is 4.39 Å². The van der Waals surface area contributed by atoms with Crippen molar-refractivity contribution in [1.82, 2.24) is 10.3 Å². The Hall–Kier alpha value is -1.49. The Balaban J connectivity index is 2.01. The average molecular weight is 238 g/mol. The van der Waals surface area contributed by atoms with E-state index >= 15 is 0 Å². The molecule has 0 spiro atoms. The first-order valence-electron chi connectivity index (χ1n) is 5.74. The third-order valence-electron chi connectivity index (χ3n) is 3.20. The predicted octanol–water partition coefficient (Wildman–Crippen LogP) is 1.11. The molecule has 0 radical (unpaired) electrons. The normalized spacial score (nSPS) is 23.6. The summed E-state index contributed by atoms with van der Waals surface area (Å²) in [6.07, 6.45) is 4.06. The van der Waals surface area contributed by atoms with E-state index in [1.165, 1.54) is 12.3 Å². The molecule has 92 valence electrons. The minimum Gasteiger partial charge on any atom is -0.396 e. The van der Waals surface area contributed by atoms with E-state index in [2.05, 4.69) is 10.3 Å². The third kappa shape index (κ3) is 2.79. The number of hydrogen-bond acceptors (Lipinski definition) is 3. The molecule has 1 aromatic rings. The number of pyridine rings is 1. The lowest BCUT2D eigenvalue weighted by Crippen LogP contribution is -2.38. The molecular weight excluding hydrogens is 223 g/mol. The number of amides is 1. The van der Waals surface area contributed by atoms with Crippen LogP contribution in [-0.4, -0.2) is 28.6 Å². The van der Waals surface area contributed by atoms with Gasteiger partial charge < -0.3 is 10.4 Å². The summed E-state index contributed by atoms with van der Waals surface area (Å²) < 4.78 is 12.9. The molecule has 1 aromatic heterocycles. The zero-order valence-electron chi connectivity index (χ0n) is 9.40. The van der Waals surface area contributed by atoms with Gasteiger partial charge >= 0.3 is 0 Å². The van der Waals surface area contributed by atoms with Gasteiger partial charge in [0.1, 0.15) is 0 Å². The van der Waals surface area contributed by atoms with Gasteiger partial charge in [-0.1, -0.05) is 6.42 Å². The summed E-state index contributed by atoms with van der Waals surface area (Å²) >= 11 is 0. The third-order valence-corrected chi connectivity index (χ3v) is 3.20. The summed E-state index contributed by atoms with van der Waals surface area (Å²) in [5, 5.41) is 12.0. The van der Waals surface area contributed by atoms with Gasteiger partial charge in [-0.25, -0.2) is 4.98 Å².